The lowest BCUT2D eigenvalue weighted by atomic mass is 9.93. The normalized spacial score (nSPS) is 17.5. The van der Waals surface area contributed by atoms with Crippen LogP contribution in [-0.4, -0.2) is 47.7 Å². The van der Waals surface area contributed by atoms with Gasteiger partial charge in [0.25, 0.3) is 11.8 Å². The molecule has 0 radical (unpaired) electrons. The Morgan fingerprint density at radius 2 is 1.80 bits per heavy atom. The van der Waals surface area contributed by atoms with Gasteiger partial charge < -0.3 is 21.3 Å². The number of Topliss-reactive ketones (excluding diaryl/α,β-unsaturated/α-hetero) is 1. The molecule has 0 bridgehead atoms. The number of nitrogens with one attached hydrogen (secondary N) is 4. The van der Waals surface area contributed by atoms with Gasteiger partial charge in [0.1, 0.15) is 0 Å². The molecule has 4 N–H and O–H groups in total. The molecule has 2 aromatic rings. The molecule has 0 saturated carbocycles. The second-order valence-corrected chi connectivity index (χ2v) is 9.93. The number of benzene rings is 2. The van der Waals surface area contributed by atoms with Crippen LogP contribution < -0.4 is 21.3 Å². The number of ketones is 1. The van der Waals surface area contributed by atoms with Gasteiger partial charge in [-0.2, -0.15) is 13.2 Å². The maximum absolute atomic E-state index is 13.3. The number of anilines is 1. The topological polar surface area (TPSA) is 133 Å². The van der Waals surface area contributed by atoms with Gasteiger partial charge in [0.05, 0.1) is 23.7 Å². The number of hydrogen-bond donors (Lipinski definition) is 4. The van der Waals surface area contributed by atoms with Crippen molar-refractivity contribution in [2.45, 2.75) is 57.4 Å². The minimum absolute atomic E-state index is 0.0510. The van der Waals surface area contributed by atoms with Crippen LogP contribution in [0.3, 0.4) is 0 Å². The van der Waals surface area contributed by atoms with Crippen molar-refractivity contribution in [3.05, 3.63) is 64.7 Å². The quantitative estimate of drug-likeness (QED) is 0.302. The number of carbonyl (C=O) groups is 5. The van der Waals surface area contributed by atoms with Crippen LogP contribution in [0.4, 0.5) is 18.9 Å². The summed E-state index contributed by atoms with van der Waals surface area (Å²) in [6, 6.07) is 10.9. The molecule has 1 fully saturated rings. The largest absolute Gasteiger partial charge is 0.389 e. The van der Waals surface area contributed by atoms with Crippen molar-refractivity contribution in [3.63, 3.8) is 0 Å². The number of rotatable bonds is 11. The van der Waals surface area contributed by atoms with E-state index < -0.39 is 54.5 Å². The lowest BCUT2D eigenvalue weighted by molar-refractivity contribution is -0.142. The third-order valence-corrected chi connectivity index (χ3v) is 6.43. The van der Waals surface area contributed by atoms with Crippen LogP contribution >= 0.6 is 11.6 Å². The molecule has 9 nitrogen and oxygen atoms in total. The number of halogens is 4. The van der Waals surface area contributed by atoms with Crippen LogP contribution in [0.15, 0.2) is 48.5 Å². The van der Waals surface area contributed by atoms with Crippen molar-refractivity contribution in [1.29, 1.82) is 0 Å². The second kappa shape index (κ2) is 13.4. The van der Waals surface area contributed by atoms with E-state index in [0.717, 1.165) is 11.6 Å². The number of hydrogen-bond acceptors (Lipinski definition) is 5. The van der Waals surface area contributed by atoms with Crippen LogP contribution in [0.2, 0.25) is 5.02 Å². The van der Waals surface area contributed by atoms with Crippen molar-refractivity contribution in [1.82, 2.24) is 16.0 Å². The summed E-state index contributed by atoms with van der Waals surface area (Å²) < 4.78 is 37.5. The molecule has 1 saturated heterocycles. The molecular weight excluding hydrogens is 553 g/mol. The molecule has 0 aromatic heterocycles. The average Bonchev–Trinajstić information content (AvgIpc) is 3.22. The summed E-state index contributed by atoms with van der Waals surface area (Å²) in [6.45, 7) is 1.83. The summed E-state index contributed by atoms with van der Waals surface area (Å²) in [7, 11) is 0. The molecule has 2 aromatic carbocycles. The van der Waals surface area contributed by atoms with E-state index in [0.29, 0.717) is 6.42 Å². The fourth-order valence-corrected chi connectivity index (χ4v) is 4.39. The van der Waals surface area contributed by atoms with E-state index >= 15 is 0 Å². The molecule has 1 aliphatic heterocycles. The molecule has 214 valence electrons. The van der Waals surface area contributed by atoms with Gasteiger partial charge in [-0.3, -0.25) is 24.0 Å². The summed E-state index contributed by atoms with van der Waals surface area (Å²) in [5, 5.41) is 10.0. The molecule has 4 amide bonds. The zero-order valence-electron chi connectivity index (χ0n) is 21.4. The molecule has 3 rings (SSSR count). The maximum Gasteiger partial charge on any atom is 0.389 e. The highest BCUT2D eigenvalue weighted by Gasteiger charge is 2.36. The van der Waals surface area contributed by atoms with Crippen LogP contribution in [0.25, 0.3) is 0 Å². The van der Waals surface area contributed by atoms with Crippen molar-refractivity contribution < 1.29 is 37.1 Å². The summed E-state index contributed by atoms with van der Waals surface area (Å²) in [6.07, 6.45) is -6.57. The lowest BCUT2D eigenvalue weighted by Gasteiger charge is -2.21. The van der Waals surface area contributed by atoms with E-state index in [-0.39, 0.29) is 41.2 Å². The minimum atomic E-state index is -4.55. The van der Waals surface area contributed by atoms with Gasteiger partial charge in [-0.25, -0.2) is 0 Å². The van der Waals surface area contributed by atoms with Crippen LogP contribution in [0, 0.1) is 5.92 Å². The summed E-state index contributed by atoms with van der Waals surface area (Å²) in [5.41, 5.74) is 0.360. The van der Waals surface area contributed by atoms with E-state index in [1.165, 1.54) is 12.1 Å². The van der Waals surface area contributed by atoms with Gasteiger partial charge in [-0.15, -0.1) is 0 Å². The number of amides is 4. The van der Waals surface area contributed by atoms with E-state index in [4.69, 9.17) is 11.6 Å². The Labute approximate surface area is 233 Å². The van der Waals surface area contributed by atoms with E-state index in [1.807, 2.05) is 0 Å². The Balaban J connectivity index is 1.78. The average molecular weight is 581 g/mol. The molecule has 1 heterocycles. The Hall–Kier alpha value is -3.93. The molecule has 1 aliphatic rings. The SMILES string of the molecule is C[C@@H]1C[C@@H](C[C@H](NC(=O)c2cc(Cl)ccc2NC(=O)CCC(F)(F)F)C(=O)C(=O)NCc2ccccc2)C(=O)N1. The van der Waals surface area contributed by atoms with E-state index in [2.05, 4.69) is 21.3 Å². The van der Waals surface area contributed by atoms with E-state index in [9.17, 15) is 37.1 Å². The lowest BCUT2D eigenvalue weighted by Crippen LogP contribution is -2.48. The first-order valence-corrected chi connectivity index (χ1v) is 12.8. The minimum Gasteiger partial charge on any atom is -0.353 e. The van der Waals surface area contributed by atoms with E-state index in [1.54, 1.807) is 37.3 Å². The first-order valence-electron chi connectivity index (χ1n) is 12.5. The van der Waals surface area contributed by atoms with Crippen molar-refractivity contribution >= 4 is 46.7 Å². The van der Waals surface area contributed by atoms with Crippen LogP contribution in [0.1, 0.15) is 48.5 Å². The predicted octanol–water partition coefficient (Wildman–Crippen LogP) is 3.52. The third kappa shape index (κ3) is 9.08. The van der Waals surface area contributed by atoms with Gasteiger partial charge >= 0.3 is 6.18 Å². The molecule has 3 atom stereocenters. The van der Waals surface area contributed by atoms with Crippen LogP contribution in [-0.2, 0) is 25.7 Å². The monoisotopic (exact) mass is 580 g/mol. The molecular formula is C27H28ClF3N4O5. The standard InChI is InChI=1S/C27H28ClF3N4O5/c1-15-11-17(24(38)33-15)12-21(23(37)26(40)32-14-16-5-3-2-4-6-16)35-25(39)19-13-18(28)7-8-20(19)34-22(36)9-10-27(29,30)31/h2-8,13,15,17,21H,9-12,14H2,1H3,(H,32,40)(H,33,38)(H,34,36)(H,35,39)/t15-,17+,21+/m1/s1. The first kappa shape index (κ1) is 30.6. The van der Waals surface area contributed by atoms with Gasteiger partial charge in [0.2, 0.25) is 17.6 Å². The fraction of sp³-hybridized carbons (Fsp3) is 0.370. The van der Waals surface area contributed by atoms with Crippen molar-refractivity contribution in [3.8, 4) is 0 Å². The first-order chi connectivity index (χ1) is 18.8. The Bertz CT molecular complexity index is 1270. The summed E-state index contributed by atoms with van der Waals surface area (Å²) >= 11 is 6.01. The second-order valence-electron chi connectivity index (χ2n) is 9.49. The Kier molecular flexibility index (Phi) is 10.3. The Morgan fingerprint density at radius 3 is 2.42 bits per heavy atom. The molecule has 40 heavy (non-hydrogen) atoms. The molecule has 13 heteroatoms. The predicted molar refractivity (Wildman–Crippen MR) is 140 cm³/mol. The van der Waals surface area contributed by atoms with Gasteiger partial charge in [0.15, 0.2) is 0 Å². The van der Waals surface area contributed by atoms with Gasteiger partial charge in [-0.1, -0.05) is 41.9 Å². The van der Waals surface area contributed by atoms with Crippen LogP contribution in [0.5, 0.6) is 0 Å². The van der Waals surface area contributed by atoms with Crippen molar-refractivity contribution in [2.24, 2.45) is 5.92 Å². The summed E-state index contributed by atoms with van der Waals surface area (Å²) in [5.74, 6) is -4.87. The van der Waals surface area contributed by atoms with Gasteiger partial charge in [0, 0.05) is 29.9 Å². The zero-order valence-corrected chi connectivity index (χ0v) is 22.2. The van der Waals surface area contributed by atoms with Crippen molar-refractivity contribution in [2.75, 3.05) is 5.32 Å². The Morgan fingerprint density at radius 1 is 1.10 bits per heavy atom. The number of alkyl halides is 3. The maximum atomic E-state index is 13.3. The molecule has 0 spiro atoms. The third-order valence-electron chi connectivity index (χ3n) is 6.20. The highest BCUT2D eigenvalue weighted by molar-refractivity contribution is 6.38. The molecule has 0 unspecified atom stereocenters. The number of carbonyl (C=O) groups excluding carboxylic acids is 5. The van der Waals surface area contributed by atoms with Gasteiger partial charge in [-0.05, 0) is 43.5 Å². The smallest absolute Gasteiger partial charge is 0.353 e. The molecule has 0 aliphatic carbocycles. The fourth-order valence-electron chi connectivity index (χ4n) is 4.21. The highest BCUT2D eigenvalue weighted by atomic mass is 35.5. The highest BCUT2D eigenvalue weighted by Crippen LogP contribution is 2.25. The zero-order chi connectivity index (χ0) is 29.4. The summed E-state index contributed by atoms with van der Waals surface area (Å²) in [4.78, 5) is 63.6.